The van der Waals surface area contributed by atoms with Crippen molar-refractivity contribution >= 4 is 27.3 Å². The van der Waals surface area contributed by atoms with Crippen molar-refractivity contribution in [2.75, 3.05) is 30.4 Å². The van der Waals surface area contributed by atoms with Gasteiger partial charge in [0, 0.05) is 11.8 Å². The number of sulfonamides is 1. The summed E-state index contributed by atoms with van der Waals surface area (Å²) in [7, 11) is -1.32. The number of carbonyl (C=O) groups excluding carboxylic acids is 1. The lowest BCUT2D eigenvalue weighted by Gasteiger charge is -2.25. The smallest absolute Gasteiger partial charge is 0.268 e. The summed E-state index contributed by atoms with van der Waals surface area (Å²) in [5.41, 5.74) is 2.30. The average molecular weight is 480 g/mol. The van der Waals surface area contributed by atoms with Gasteiger partial charge in [0.05, 0.1) is 32.4 Å². The Balaban J connectivity index is 1.98. The fourth-order valence-electron chi connectivity index (χ4n) is 3.31. The van der Waals surface area contributed by atoms with E-state index in [4.69, 9.17) is 14.7 Å². The maximum atomic E-state index is 13.8. The van der Waals surface area contributed by atoms with E-state index in [2.05, 4.69) is 11.4 Å². The third-order valence-electron chi connectivity index (χ3n) is 5.04. The van der Waals surface area contributed by atoms with E-state index in [1.54, 1.807) is 67.6 Å². The van der Waals surface area contributed by atoms with Gasteiger partial charge in [-0.3, -0.25) is 9.10 Å². The third-order valence-corrected chi connectivity index (χ3v) is 6.83. The van der Waals surface area contributed by atoms with Crippen molar-refractivity contribution in [3.05, 3.63) is 77.9 Å². The standard InChI is InChI=1S/C25H25N3O5S/c1-18-7-12-23(33-3)24(15-18)34(30,31)28(21-5-4-6-22(16-21)32-2)17-25(29)27-20-10-8-19(9-11-20)13-14-26/h4-12,15-16H,13,17H2,1-3H3,(H,27,29). The van der Waals surface area contributed by atoms with Crippen LogP contribution in [0.1, 0.15) is 11.1 Å². The fraction of sp³-hybridized carbons (Fsp3) is 0.200. The van der Waals surface area contributed by atoms with Gasteiger partial charge >= 0.3 is 0 Å². The van der Waals surface area contributed by atoms with Crippen LogP contribution in [0.3, 0.4) is 0 Å². The molecular weight excluding hydrogens is 454 g/mol. The van der Waals surface area contributed by atoms with Crippen molar-refractivity contribution in [1.29, 1.82) is 5.26 Å². The predicted molar refractivity (Wildman–Crippen MR) is 130 cm³/mol. The van der Waals surface area contributed by atoms with Crippen molar-refractivity contribution in [3.63, 3.8) is 0 Å². The molecule has 3 rings (SSSR count). The minimum atomic E-state index is -4.19. The maximum absolute atomic E-state index is 13.8. The number of aryl methyl sites for hydroxylation is 1. The van der Waals surface area contributed by atoms with Gasteiger partial charge in [0.2, 0.25) is 5.91 Å². The Bertz CT molecular complexity index is 1320. The quantitative estimate of drug-likeness (QED) is 0.498. The van der Waals surface area contributed by atoms with Crippen LogP contribution in [0, 0.1) is 18.3 Å². The van der Waals surface area contributed by atoms with Crippen molar-refractivity contribution in [1.82, 2.24) is 0 Å². The summed E-state index contributed by atoms with van der Waals surface area (Å²) in [4.78, 5) is 12.9. The Kier molecular flexibility index (Phi) is 7.76. The van der Waals surface area contributed by atoms with E-state index in [1.807, 2.05) is 0 Å². The highest BCUT2D eigenvalue weighted by Crippen LogP contribution is 2.32. The number of rotatable bonds is 9. The summed E-state index contributed by atoms with van der Waals surface area (Å²) in [5, 5.41) is 11.5. The molecule has 8 nitrogen and oxygen atoms in total. The van der Waals surface area contributed by atoms with Crippen LogP contribution >= 0.6 is 0 Å². The van der Waals surface area contributed by atoms with Gasteiger partial charge < -0.3 is 14.8 Å². The number of methoxy groups -OCH3 is 2. The number of nitriles is 1. The first-order valence-corrected chi connectivity index (χ1v) is 11.8. The molecule has 0 spiro atoms. The molecule has 0 unspecified atom stereocenters. The number of anilines is 2. The summed E-state index contributed by atoms with van der Waals surface area (Å²) in [6, 6.07) is 20.2. The van der Waals surface area contributed by atoms with E-state index in [1.165, 1.54) is 20.3 Å². The van der Waals surface area contributed by atoms with Gasteiger partial charge in [0.25, 0.3) is 10.0 Å². The predicted octanol–water partition coefficient (Wildman–Crippen LogP) is 3.91. The molecule has 34 heavy (non-hydrogen) atoms. The molecule has 1 N–H and O–H groups in total. The van der Waals surface area contributed by atoms with E-state index in [-0.39, 0.29) is 22.8 Å². The minimum absolute atomic E-state index is 0.0496. The Hall–Kier alpha value is -4.03. The molecule has 3 aromatic carbocycles. The van der Waals surface area contributed by atoms with Crippen LogP contribution in [0.2, 0.25) is 0 Å². The van der Waals surface area contributed by atoms with Gasteiger partial charge in [0.1, 0.15) is 22.9 Å². The molecule has 0 aromatic heterocycles. The zero-order chi connectivity index (χ0) is 24.7. The average Bonchev–Trinajstić information content (AvgIpc) is 2.84. The van der Waals surface area contributed by atoms with Gasteiger partial charge in [-0.05, 0) is 54.4 Å². The van der Waals surface area contributed by atoms with Gasteiger partial charge in [-0.1, -0.05) is 24.3 Å². The molecule has 3 aromatic rings. The van der Waals surface area contributed by atoms with E-state index in [0.717, 1.165) is 15.4 Å². The molecule has 0 aliphatic rings. The summed E-state index contributed by atoms with van der Waals surface area (Å²) < 4.78 is 39.1. The van der Waals surface area contributed by atoms with Crippen LogP contribution in [0.15, 0.2) is 71.6 Å². The lowest BCUT2D eigenvalue weighted by atomic mass is 10.1. The number of ether oxygens (including phenoxy) is 2. The molecule has 0 saturated carbocycles. The number of nitrogens with zero attached hydrogens (tertiary/aromatic N) is 2. The lowest BCUT2D eigenvalue weighted by molar-refractivity contribution is -0.114. The second-order valence-electron chi connectivity index (χ2n) is 7.45. The molecule has 0 saturated heterocycles. The van der Waals surface area contributed by atoms with E-state index < -0.39 is 22.5 Å². The van der Waals surface area contributed by atoms with Gasteiger partial charge in [-0.15, -0.1) is 0 Å². The van der Waals surface area contributed by atoms with E-state index in [0.29, 0.717) is 11.4 Å². The number of carbonyl (C=O) groups is 1. The van der Waals surface area contributed by atoms with Gasteiger partial charge in [0.15, 0.2) is 0 Å². The van der Waals surface area contributed by atoms with Crippen molar-refractivity contribution in [2.45, 2.75) is 18.2 Å². The first-order valence-electron chi connectivity index (χ1n) is 10.4. The number of hydrogen-bond acceptors (Lipinski definition) is 6. The highest BCUT2D eigenvalue weighted by atomic mass is 32.2. The number of nitrogens with one attached hydrogen (secondary N) is 1. The number of hydrogen-bond donors (Lipinski definition) is 1. The molecule has 0 fully saturated rings. The summed E-state index contributed by atoms with van der Waals surface area (Å²) >= 11 is 0. The van der Waals surface area contributed by atoms with Crippen LogP contribution in [0.25, 0.3) is 0 Å². The second kappa shape index (κ2) is 10.7. The van der Waals surface area contributed by atoms with E-state index >= 15 is 0 Å². The van der Waals surface area contributed by atoms with Crippen molar-refractivity contribution in [2.24, 2.45) is 0 Å². The zero-order valence-electron chi connectivity index (χ0n) is 19.1. The Labute approximate surface area is 199 Å². The summed E-state index contributed by atoms with van der Waals surface area (Å²) in [5.74, 6) is 0.0837. The topological polar surface area (TPSA) is 109 Å². The normalized spacial score (nSPS) is 10.8. The van der Waals surface area contributed by atoms with Gasteiger partial charge in [-0.25, -0.2) is 8.42 Å². The Morgan fingerprint density at radius 1 is 1.03 bits per heavy atom. The number of amides is 1. The summed E-state index contributed by atoms with van der Waals surface area (Å²) in [6.07, 6.45) is 0.258. The molecule has 176 valence electrons. The second-order valence-corrected chi connectivity index (χ2v) is 9.28. The molecule has 9 heteroatoms. The largest absolute Gasteiger partial charge is 0.497 e. The van der Waals surface area contributed by atoms with Crippen LogP contribution < -0.4 is 19.1 Å². The highest BCUT2D eigenvalue weighted by molar-refractivity contribution is 7.93. The van der Waals surface area contributed by atoms with Crippen molar-refractivity contribution in [3.8, 4) is 17.6 Å². The van der Waals surface area contributed by atoms with Crippen molar-refractivity contribution < 1.29 is 22.7 Å². The zero-order valence-corrected chi connectivity index (χ0v) is 19.9. The minimum Gasteiger partial charge on any atom is -0.497 e. The number of benzene rings is 3. The monoisotopic (exact) mass is 479 g/mol. The molecule has 0 bridgehead atoms. The van der Waals surface area contributed by atoms with Crippen LogP contribution in [-0.4, -0.2) is 35.1 Å². The SMILES string of the molecule is COc1cccc(N(CC(=O)Nc2ccc(CC#N)cc2)S(=O)(=O)c2cc(C)ccc2OC)c1. The van der Waals surface area contributed by atoms with Gasteiger partial charge in [-0.2, -0.15) is 5.26 Å². The van der Waals surface area contributed by atoms with Crippen LogP contribution in [-0.2, 0) is 21.2 Å². The Morgan fingerprint density at radius 3 is 2.41 bits per heavy atom. The third kappa shape index (κ3) is 5.66. The molecule has 0 atom stereocenters. The molecule has 0 aliphatic carbocycles. The highest BCUT2D eigenvalue weighted by Gasteiger charge is 2.30. The molecule has 0 aliphatic heterocycles. The van der Waals surface area contributed by atoms with Crippen LogP contribution in [0.5, 0.6) is 11.5 Å². The van der Waals surface area contributed by atoms with Crippen LogP contribution in [0.4, 0.5) is 11.4 Å². The van der Waals surface area contributed by atoms with E-state index in [9.17, 15) is 13.2 Å². The molecular formula is C25H25N3O5S. The molecule has 1 amide bonds. The molecule has 0 radical (unpaired) electrons. The first-order chi connectivity index (χ1) is 16.3. The molecule has 0 heterocycles. The fourth-order valence-corrected chi connectivity index (χ4v) is 4.97. The first kappa shape index (κ1) is 24.6. The lowest BCUT2D eigenvalue weighted by Crippen LogP contribution is -2.38. The Morgan fingerprint density at radius 2 is 1.76 bits per heavy atom. The summed E-state index contributed by atoms with van der Waals surface area (Å²) in [6.45, 7) is 1.30. The maximum Gasteiger partial charge on any atom is 0.268 e.